The lowest BCUT2D eigenvalue weighted by Gasteiger charge is -2.27. The molecule has 0 spiro atoms. The van der Waals surface area contributed by atoms with Crippen LogP contribution in [0.4, 0.5) is 5.69 Å². The molecular formula is C12H18N2O3. The Kier molecular flexibility index (Phi) is 4.48. The van der Waals surface area contributed by atoms with E-state index in [2.05, 4.69) is 10.9 Å². The Morgan fingerprint density at radius 3 is 2.47 bits per heavy atom. The molecule has 1 rings (SSSR count). The molecule has 0 aliphatic rings. The summed E-state index contributed by atoms with van der Waals surface area (Å²) in [5, 5.41) is 18.7. The second kappa shape index (κ2) is 5.65. The molecule has 94 valence electrons. The molecule has 5 nitrogen and oxygen atoms in total. The second-order valence-corrected chi connectivity index (χ2v) is 4.53. The number of aliphatic hydroxyl groups excluding tert-OH is 2. The van der Waals surface area contributed by atoms with Crippen LogP contribution in [0, 0.1) is 5.41 Å². The molecule has 1 atom stereocenters. The van der Waals surface area contributed by atoms with E-state index in [9.17, 15) is 9.90 Å². The van der Waals surface area contributed by atoms with Crippen LogP contribution in [0.15, 0.2) is 30.3 Å². The van der Waals surface area contributed by atoms with Gasteiger partial charge in [-0.25, -0.2) is 0 Å². The third-order valence-electron chi connectivity index (χ3n) is 2.50. The van der Waals surface area contributed by atoms with Gasteiger partial charge in [0.15, 0.2) is 0 Å². The molecule has 0 fully saturated rings. The molecule has 1 amide bonds. The Morgan fingerprint density at radius 2 is 1.94 bits per heavy atom. The van der Waals surface area contributed by atoms with Gasteiger partial charge in [0.25, 0.3) is 5.91 Å². The SMILES string of the molecule is CC(C)(CO)[C@@H](O)C(=O)NNc1ccccc1. The van der Waals surface area contributed by atoms with Gasteiger partial charge >= 0.3 is 0 Å². The highest BCUT2D eigenvalue weighted by Gasteiger charge is 2.32. The van der Waals surface area contributed by atoms with Crippen LogP contribution in [0.5, 0.6) is 0 Å². The fourth-order valence-corrected chi connectivity index (χ4v) is 1.16. The van der Waals surface area contributed by atoms with E-state index in [0.717, 1.165) is 5.69 Å². The van der Waals surface area contributed by atoms with Crippen molar-refractivity contribution in [2.75, 3.05) is 12.0 Å². The largest absolute Gasteiger partial charge is 0.396 e. The summed E-state index contributed by atoms with van der Waals surface area (Å²) in [7, 11) is 0. The van der Waals surface area contributed by atoms with Crippen LogP contribution in [0.3, 0.4) is 0 Å². The molecule has 5 heteroatoms. The van der Waals surface area contributed by atoms with E-state index in [4.69, 9.17) is 5.11 Å². The first-order valence-electron chi connectivity index (χ1n) is 5.37. The third kappa shape index (κ3) is 3.72. The number of carbonyl (C=O) groups is 1. The van der Waals surface area contributed by atoms with Crippen molar-refractivity contribution in [2.45, 2.75) is 20.0 Å². The molecule has 17 heavy (non-hydrogen) atoms. The van der Waals surface area contributed by atoms with Crippen molar-refractivity contribution in [2.24, 2.45) is 5.41 Å². The maximum atomic E-state index is 11.6. The Hall–Kier alpha value is -1.59. The number of hydrogen-bond donors (Lipinski definition) is 4. The number of carbonyl (C=O) groups excluding carboxylic acids is 1. The van der Waals surface area contributed by atoms with Crippen molar-refractivity contribution >= 4 is 11.6 Å². The maximum Gasteiger partial charge on any atom is 0.267 e. The fraction of sp³-hybridized carbons (Fsp3) is 0.417. The molecule has 0 aromatic heterocycles. The molecule has 4 N–H and O–H groups in total. The van der Waals surface area contributed by atoms with Gasteiger partial charge in [0.2, 0.25) is 0 Å². The highest BCUT2D eigenvalue weighted by Crippen LogP contribution is 2.19. The number of hydrazine groups is 1. The van der Waals surface area contributed by atoms with Gasteiger partial charge in [-0.3, -0.25) is 15.6 Å². The molecule has 0 saturated carbocycles. The first kappa shape index (κ1) is 13.5. The lowest BCUT2D eigenvalue weighted by Crippen LogP contribution is -2.47. The number of anilines is 1. The Balaban J connectivity index is 2.51. The Bertz CT molecular complexity index is 365. The minimum absolute atomic E-state index is 0.271. The number of aliphatic hydroxyl groups is 2. The number of hydrogen-bond acceptors (Lipinski definition) is 4. The zero-order valence-corrected chi connectivity index (χ0v) is 9.97. The van der Waals surface area contributed by atoms with Gasteiger partial charge in [-0.15, -0.1) is 0 Å². The summed E-state index contributed by atoms with van der Waals surface area (Å²) in [5.74, 6) is -0.576. The van der Waals surface area contributed by atoms with E-state index < -0.39 is 17.4 Å². The number of amides is 1. The molecule has 0 unspecified atom stereocenters. The van der Waals surface area contributed by atoms with Crippen molar-refractivity contribution in [3.8, 4) is 0 Å². The summed E-state index contributed by atoms with van der Waals surface area (Å²) in [4.78, 5) is 11.6. The number of nitrogens with one attached hydrogen (secondary N) is 2. The van der Waals surface area contributed by atoms with Gasteiger partial charge < -0.3 is 10.2 Å². The van der Waals surface area contributed by atoms with Crippen molar-refractivity contribution in [3.63, 3.8) is 0 Å². The van der Waals surface area contributed by atoms with Crippen molar-refractivity contribution < 1.29 is 15.0 Å². The van der Waals surface area contributed by atoms with Crippen LogP contribution in [-0.4, -0.2) is 28.8 Å². The molecule has 0 bridgehead atoms. The van der Waals surface area contributed by atoms with Crippen molar-refractivity contribution in [1.29, 1.82) is 0 Å². The van der Waals surface area contributed by atoms with Gasteiger partial charge in [0, 0.05) is 5.41 Å². The quantitative estimate of drug-likeness (QED) is 0.563. The van der Waals surface area contributed by atoms with E-state index in [1.165, 1.54) is 0 Å². The van der Waals surface area contributed by atoms with Gasteiger partial charge in [-0.05, 0) is 12.1 Å². The van der Waals surface area contributed by atoms with Crippen LogP contribution in [0.25, 0.3) is 0 Å². The second-order valence-electron chi connectivity index (χ2n) is 4.53. The van der Waals surface area contributed by atoms with E-state index in [-0.39, 0.29) is 6.61 Å². The minimum atomic E-state index is -1.27. The molecule has 0 aliphatic heterocycles. The summed E-state index contributed by atoms with van der Waals surface area (Å²) in [6.45, 7) is 2.95. The normalized spacial score (nSPS) is 12.9. The standard InChI is InChI=1S/C12H18N2O3/c1-12(2,8-15)10(16)11(17)14-13-9-6-4-3-5-7-9/h3-7,10,13,15-16H,8H2,1-2H3,(H,14,17)/t10-/m0/s1. The molecular weight excluding hydrogens is 220 g/mol. The van der Waals surface area contributed by atoms with E-state index >= 15 is 0 Å². The molecule has 0 heterocycles. The summed E-state index contributed by atoms with van der Waals surface area (Å²) in [6, 6.07) is 9.07. The van der Waals surface area contributed by atoms with Gasteiger partial charge in [0.05, 0.1) is 12.3 Å². The number of para-hydroxylation sites is 1. The summed E-state index contributed by atoms with van der Waals surface area (Å²) in [6.07, 6.45) is -1.27. The molecule has 0 saturated heterocycles. The maximum absolute atomic E-state index is 11.6. The summed E-state index contributed by atoms with van der Waals surface area (Å²) < 4.78 is 0. The van der Waals surface area contributed by atoms with E-state index in [1.54, 1.807) is 26.0 Å². The zero-order chi connectivity index (χ0) is 12.9. The first-order valence-corrected chi connectivity index (χ1v) is 5.37. The molecule has 1 aromatic rings. The van der Waals surface area contributed by atoms with Crippen LogP contribution < -0.4 is 10.9 Å². The highest BCUT2D eigenvalue weighted by molar-refractivity contribution is 5.82. The monoisotopic (exact) mass is 238 g/mol. The van der Waals surface area contributed by atoms with Gasteiger partial charge in [0.1, 0.15) is 6.10 Å². The number of benzene rings is 1. The third-order valence-corrected chi connectivity index (χ3v) is 2.50. The summed E-state index contributed by atoms with van der Waals surface area (Å²) in [5.41, 5.74) is 4.91. The van der Waals surface area contributed by atoms with Crippen LogP contribution in [0.1, 0.15) is 13.8 Å². The molecule has 1 aromatic carbocycles. The minimum Gasteiger partial charge on any atom is -0.396 e. The fourth-order valence-electron chi connectivity index (χ4n) is 1.16. The average Bonchev–Trinajstić information content (AvgIpc) is 2.36. The average molecular weight is 238 g/mol. The predicted octanol–water partition coefficient (Wildman–Crippen LogP) is 0.509. The zero-order valence-electron chi connectivity index (χ0n) is 9.97. The topological polar surface area (TPSA) is 81.6 Å². The lowest BCUT2D eigenvalue weighted by atomic mass is 9.87. The highest BCUT2D eigenvalue weighted by atomic mass is 16.3. The predicted molar refractivity (Wildman–Crippen MR) is 65.1 cm³/mol. The smallest absolute Gasteiger partial charge is 0.267 e. The van der Waals surface area contributed by atoms with Gasteiger partial charge in [-0.2, -0.15) is 0 Å². The van der Waals surface area contributed by atoms with Crippen molar-refractivity contribution in [3.05, 3.63) is 30.3 Å². The first-order chi connectivity index (χ1) is 7.97. The van der Waals surface area contributed by atoms with E-state index in [0.29, 0.717) is 0 Å². The number of rotatable bonds is 5. The Labute approximate surface area is 100 Å². The van der Waals surface area contributed by atoms with Gasteiger partial charge in [-0.1, -0.05) is 32.0 Å². The molecule has 0 aliphatic carbocycles. The van der Waals surface area contributed by atoms with Crippen LogP contribution >= 0.6 is 0 Å². The summed E-state index contributed by atoms with van der Waals surface area (Å²) >= 11 is 0. The van der Waals surface area contributed by atoms with Crippen LogP contribution in [-0.2, 0) is 4.79 Å². The Morgan fingerprint density at radius 1 is 1.35 bits per heavy atom. The molecule has 0 radical (unpaired) electrons. The van der Waals surface area contributed by atoms with Crippen molar-refractivity contribution in [1.82, 2.24) is 5.43 Å². The van der Waals surface area contributed by atoms with Crippen LogP contribution in [0.2, 0.25) is 0 Å². The lowest BCUT2D eigenvalue weighted by molar-refractivity contribution is -0.136. The van der Waals surface area contributed by atoms with E-state index in [1.807, 2.05) is 18.2 Å².